The maximum atomic E-state index is 13.2. The summed E-state index contributed by atoms with van der Waals surface area (Å²) < 4.78 is 13.2. The van der Waals surface area contributed by atoms with Crippen LogP contribution in [0.25, 0.3) is 0 Å². The zero-order valence-electron chi connectivity index (χ0n) is 7.39. The van der Waals surface area contributed by atoms with E-state index in [1.165, 1.54) is 11.1 Å². The van der Waals surface area contributed by atoms with Gasteiger partial charge in [0.25, 0.3) is 0 Å². The Morgan fingerprint density at radius 1 is 1.25 bits per heavy atom. The van der Waals surface area contributed by atoms with Crippen LogP contribution in [0.3, 0.4) is 0 Å². The van der Waals surface area contributed by atoms with Gasteiger partial charge in [-0.1, -0.05) is 6.07 Å². The van der Waals surface area contributed by atoms with Gasteiger partial charge in [0, 0.05) is 18.7 Å². The number of nitrogens with zero attached hydrogens (tertiary/aromatic N) is 1. The standard InChI is InChI=1S/C10H12FN/c1-7-3-4-10(11)9-6-12(2)5-8(7)9/h3-4H,5-6H2,1-2H3. The molecule has 0 amide bonds. The van der Waals surface area contributed by atoms with Gasteiger partial charge < -0.3 is 0 Å². The van der Waals surface area contributed by atoms with Crippen molar-refractivity contribution in [3.05, 3.63) is 34.6 Å². The van der Waals surface area contributed by atoms with Crippen LogP contribution in [0.1, 0.15) is 16.7 Å². The lowest BCUT2D eigenvalue weighted by Crippen LogP contribution is -2.07. The molecule has 64 valence electrons. The smallest absolute Gasteiger partial charge is 0.128 e. The highest BCUT2D eigenvalue weighted by Gasteiger charge is 2.20. The van der Waals surface area contributed by atoms with Gasteiger partial charge in [0.1, 0.15) is 5.82 Å². The molecule has 0 saturated carbocycles. The van der Waals surface area contributed by atoms with Crippen molar-refractivity contribution in [2.24, 2.45) is 0 Å². The van der Waals surface area contributed by atoms with Crippen LogP contribution in [0.4, 0.5) is 4.39 Å². The minimum absolute atomic E-state index is 0.0556. The summed E-state index contributed by atoms with van der Waals surface area (Å²) in [6.45, 7) is 3.68. The van der Waals surface area contributed by atoms with Crippen molar-refractivity contribution in [3.8, 4) is 0 Å². The molecule has 0 unspecified atom stereocenters. The number of benzene rings is 1. The molecular weight excluding hydrogens is 153 g/mol. The Morgan fingerprint density at radius 3 is 2.58 bits per heavy atom. The van der Waals surface area contributed by atoms with Gasteiger partial charge in [-0.3, -0.25) is 4.90 Å². The first-order valence-electron chi connectivity index (χ1n) is 4.14. The number of hydrogen-bond acceptors (Lipinski definition) is 1. The topological polar surface area (TPSA) is 3.24 Å². The monoisotopic (exact) mass is 165 g/mol. The molecule has 0 spiro atoms. The van der Waals surface area contributed by atoms with E-state index in [1.807, 2.05) is 20.0 Å². The Hall–Kier alpha value is -0.890. The second-order valence-electron chi connectivity index (χ2n) is 3.49. The second-order valence-corrected chi connectivity index (χ2v) is 3.49. The Bertz CT molecular complexity index is 289. The molecule has 0 radical (unpaired) electrons. The SMILES string of the molecule is Cc1ccc(F)c2c1CN(C)C2. The van der Waals surface area contributed by atoms with E-state index >= 15 is 0 Å². The van der Waals surface area contributed by atoms with Crippen molar-refractivity contribution in [1.29, 1.82) is 0 Å². The summed E-state index contributed by atoms with van der Waals surface area (Å²) in [6.07, 6.45) is 0. The summed E-state index contributed by atoms with van der Waals surface area (Å²) in [5.41, 5.74) is 3.27. The van der Waals surface area contributed by atoms with Gasteiger partial charge in [-0.2, -0.15) is 0 Å². The van der Waals surface area contributed by atoms with Gasteiger partial charge in [0.15, 0.2) is 0 Å². The van der Waals surface area contributed by atoms with Crippen LogP contribution < -0.4 is 0 Å². The molecule has 0 N–H and O–H groups in total. The van der Waals surface area contributed by atoms with Crippen molar-refractivity contribution in [3.63, 3.8) is 0 Å². The lowest BCUT2D eigenvalue weighted by Gasteiger charge is -2.03. The molecule has 12 heavy (non-hydrogen) atoms. The van der Waals surface area contributed by atoms with Crippen LogP contribution in [0.5, 0.6) is 0 Å². The summed E-state index contributed by atoms with van der Waals surface area (Å²) in [6, 6.07) is 3.42. The van der Waals surface area contributed by atoms with Gasteiger partial charge in [0.2, 0.25) is 0 Å². The third kappa shape index (κ3) is 1.03. The third-order valence-corrected chi connectivity index (χ3v) is 2.46. The van der Waals surface area contributed by atoms with E-state index < -0.39 is 0 Å². The van der Waals surface area contributed by atoms with Gasteiger partial charge in [-0.25, -0.2) is 4.39 Å². The lowest BCUT2D eigenvalue weighted by atomic mass is 10.0. The Morgan fingerprint density at radius 2 is 1.92 bits per heavy atom. The fraction of sp³-hybridized carbons (Fsp3) is 0.400. The first kappa shape index (κ1) is 7.74. The van der Waals surface area contributed by atoms with Gasteiger partial charge in [0.05, 0.1) is 0 Å². The molecule has 0 aromatic heterocycles. The lowest BCUT2D eigenvalue weighted by molar-refractivity contribution is 0.349. The maximum Gasteiger partial charge on any atom is 0.128 e. The Balaban J connectivity index is 2.56. The molecule has 0 atom stereocenters. The largest absolute Gasteiger partial charge is 0.298 e. The summed E-state index contributed by atoms with van der Waals surface area (Å²) >= 11 is 0. The Labute approximate surface area is 71.8 Å². The van der Waals surface area contributed by atoms with Crippen LogP contribution in [0.15, 0.2) is 12.1 Å². The number of fused-ring (bicyclic) bond motifs is 1. The zero-order chi connectivity index (χ0) is 8.72. The zero-order valence-corrected chi connectivity index (χ0v) is 7.39. The van der Waals surface area contributed by atoms with E-state index in [2.05, 4.69) is 4.90 Å². The molecule has 2 heteroatoms. The molecule has 0 fully saturated rings. The average Bonchev–Trinajstić information content (AvgIpc) is 2.41. The molecular formula is C10H12FN. The van der Waals surface area contributed by atoms with E-state index in [0.29, 0.717) is 0 Å². The van der Waals surface area contributed by atoms with Crippen LogP contribution in [0, 0.1) is 12.7 Å². The van der Waals surface area contributed by atoms with E-state index in [-0.39, 0.29) is 5.82 Å². The molecule has 0 aliphatic carbocycles. The van der Waals surface area contributed by atoms with Crippen molar-refractivity contribution in [2.45, 2.75) is 20.0 Å². The molecule has 0 bridgehead atoms. The fourth-order valence-electron chi connectivity index (χ4n) is 1.77. The summed E-state index contributed by atoms with van der Waals surface area (Å²) in [7, 11) is 2.01. The highest BCUT2D eigenvalue weighted by Crippen LogP contribution is 2.26. The molecule has 1 nitrogen and oxygen atoms in total. The quantitative estimate of drug-likeness (QED) is 0.569. The van der Waals surface area contributed by atoms with Crippen molar-refractivity contribution in [2.75, 3.05) is 7.05 Å². The van der Waals surface area contributed by atoms with Crippen LogP contribution in [-0.2, 0) is 13.1 Å². The summed E-state index contributed by atoms with van der Waals surface area (Å²) in [5, 5.41) is 0. The highest BCUT2D eigenvalue weighted by atomic mass is 19.1. The predicted octanol–water partition coefficient (Wildman–Crippen LogP) is 2.08. The average molecular weight is 165 g/mol. The number of hydrogen-bond donors (Lipinski definition) is 0. The number of rotatable bonds is 0. The Kier molecular flexibility index (Phi) is 1.65. The summed E-state index contributed by atoms with van der Waals surface area (Å²) in [4.78, 5) is 2.13. The van der Waals surface area contributed by atoms with Crippen molar-refractivity contribution in [1.82, 2.24) is 4.90 Å². The molecule has 1 aromatic carbocycles. The second kappa shape index (κ2) is 2.56. The first-order valence-corrected chi connectivity index (χ1v) is 4.14. The van der Waals surface area contributed by atoms with Gasteiger partial charge in [-0.15, -0.1) is 0 Å². The van der Waals surface area contributed by atoms with Gasteiger partial charge in [-0.05, 0) is 31.2 Å². The maximum absolute atomic E-state index is 13.2. The molecule has 1 aliphatic rings. The van der Waals surface area contributed by atoms with Gasteiger partial charge >= 0.3 is 0 Å². The minimum atomic E-state index is -0.0556. The van der Waals surface area contributed by atoms with Crippen LogP contribution in [0.2, 0.25) is 0 Å². The fourth-order valence-corrected chi connectivity index (χ4v) is 1.77. The highest BCUT2D eigenvalue weighted by molar-refractivity contribution is 5.37. The molecule has 1 aromatic rings. The predicted molar refractivity (Wildman–Crippen MR) is 46.3 cm³/mol. The van der Waals surface area contributed by atoms with Crippen LogP contribution in [-0.4, -0.2) is 11.9 Å². The minimum Gasteiger partial charge on any atom is -0.298 e. The van der Waals surface area contributed by atoms with Crippen molar-refractivity contribution < 1.29 is 4.39 Å². The van der Waals surface area contributed by atoms with E-state index in [4.69, 9.17) is 0 Å². The number of halogens is 1. The van der Waals surface area contributed by atoms with E-state index in [9.17, 15) is 4.39 Å². The molecule has 0 saturated heterocycles. The molecule has 1 aliphatic heterocycles. The third-order valence-electron chi connectivity index (χ3n) is 2.46. The number of aryl methyl sites for hydroxylation is 1. The van der Waals surface area contributed by atoms with Crippen LogP contribution >= 0.6 is 0 Å². The first-order chi connectivity index (χ1) is 5.68. The normalized spacial score (nSPS) is 16.6. The molecule has 1 heterocycles. The molecule has 2 rings (SSSR count). The van der Waals surface area contributed by atoms with E-state index in [1.54, 1.807) is 6.07 Å². The van der Waals surface area contributed by atoms with E-state index in [0.717, 1.165) is 18.7 Å². The van der Waals surface area contributed by atoms with Crippen molar-refractivity contribution >= 4 is 0 Å². The summed E-state index contributed by atoms with van der Waals surface area (Å²) in [5.74, 6) is -0.0556.